The average Bonchev–Trinajstić information content (AvgIpc) is 3.23. The zero-order valence-corrected chi connectivity index (χ0v) is 17.7. The highest BCUT2D eigenvalue weighted by Gasteiger charge is 2.17. The van der Waals surface area contributed by atoms with E-state index in [1.54, 1.807) is 13.3 Å². The predicted molar refractivity (Wildman–Crippen MR) is 133 cm³/mol. The third-order valence-electron chi connectivity index (χ3n) is 5.44. The van der Waals surface area contributed by atoms with Crippen LogP contribution >= 0.6 is 0 Å². The molecule has 0 aliphatic carbocycles. The lowest BCUT2D eigenvalue weighted by atomic mass is 9.98. The fraction of sp³-hybridized carbons (Fsp3) is 0.0357. The van der Waals surface area contributed by atoms with Gasteiger partial charge in [-0.1, -0.05) is 78.9 Å². The molecule has 0 radical (unpaired) electrons. The number of H-pyrrole nitrogens is 1. The smallest absolute Gasteiger partial charge is 0.128 e. The molecule has 5 aromatic rings. The van der Waals surface area contributed by atoms with Crippen molar-refractivity contribution in [2.24, 2.45) is 5.10 Å². The van der Waals surface area contributed by atoms with Crippen molar-refractivity contribution in [2.75, 3.05) is 12.5 Å². The van der Waals surface area contributed by atoms with Crippen molar-refractivity contribution in [3.8, 4) is 28.1 Å². The third-order valence-corrected chi connectivity index (χ3v) is 5.44. The topological polar surface area (TPSA) is 49.4 Å². The molecule has 0 aliphatic heterocycles. The summed E-state index contributed by atoms with van der Waals surface area (Å²) >= 11 is 0. The van der Waals surface area contributed by atoms with Crippen LogP contribution in [0.15, 0.2) is 108 Å². The molecular weight excluding hydrogens is 394 g/mol. The number of fused-ring (bicyclic) bond motifs is 1. The maximum absolute atomic E-state index is 5.73. The number of hydrogen-bond acceptors (Lipinski definition) is 3. The van der Waals surface area contributed by atoms with Gasteiger partial charge in [0.1, 0.15) is 5.75 Å². The number of para-hydroxylation sites is 1. The summed E-state index contributed by atoms with van der Waals surface area (Å²) in [4.78, 5) is 3.64. The van der Waals surface area contributed by atoms with E-state index in [9.17, 15) is 0 Å². The highest BCUT2D eigenvalue weighted by atomic mass is 16.5. The SMILES string of the molecule is COc1cc2c(-c3ccccc3)c(-c3ccccc3)[nH]c2cc1/C=N/Nc1ccccc1. The minimum Gasteiger partial charge on any atom is -0.496 e. The number of aromatic nitrogens is 1. The molecule has 5 rings (SSSR count). The zero-order chi connectivity index (χ0) is 21.8. The first-order valence-electron chi connectivity index (χ1n) is 10.5. The van der Waals surface area contributed by atoms with Gasteiger partial charge >= 0.3 is 0 Å². The van der Waals surface area contributed by atoms with E-state index in [0.29, 0.717) is 0 Å². The minimum atomic E-state index is 0.770. The molecule has 32 heavy (non-hydrogen) atoms. The average molecular weight is 418 g/mol. The van der Waals surface area contributed by atoms with E-state index in [1.165, 1.54) is 0 Å². The van der Waals surface area contributed by atoms with Crippen LogP contribution in [0.3, 0.4) is 0 Å². The maximum atomic E-state index is 5.73. The first-order valence-corrected chi connectivity index (χ1v) is 10.5. The Labute approximate surface area is 187 Å². The molecule has 4 heteroatoms. The van der Waals surface area contributed by atoms with Crippen LogP contribution in [-0.4, -0.2) is 18.3 Å². The Hall–Kier alpha value is -4.31. The van der Waals surface area contributed by atoms with Crippen LogP contribution in [0.1, 0.15) is 5.56 Å². The van der Waals surface area contributed by atoms with E-state index >= 15 is 0 Å². The number of nitrogens with one attached hydrogen (secondary N) is 2. The van der Waals surface area contributed by atoms with Crippen LogP contribution in [0.25, 0.3) is 33.3 Å². The monoisotopic (exact) mass is 417 g/mol. The fourth-order valence-electron chi connectivity index (χ4n) is 3.93. The Bertz CT molecular complexity index is 1360. The molecule has 0 amide bonds. The summed E-state index contributed by atoms with van der Waals surface area (Å²) in [6, 6.07) is 34.9. The molecule has 1 aromatic heterocycles. The molecule has 1 heterocycles. The van der Waals surface area contributed by atoms with Gasteiger partial charge in [-0.2, -0.15) is 5.10 Å². The second-order valence-corrected chi connectivity index (χ2v) is 7.48. The number of rotatable bonds is 6. The molecule has 0 fully saturated rings. The van der Waals surface area contributed by atoms with Crippen molar-refractivity contribution in [3.63, 3.8) is 0 Å². The number of methoxy groups -OCH3 is 1. The van der Waals surface area contributed by atoms with Gasteiger partial charge in [0.25, 0.3) is 0 Å². The molecule has 0 unspecified atom stereocenters. The van der Waals surface area contributed by atoms with Crippen molar-refractivity contribution in [2.45, 2.75) is 0 Å². The Kier molecular flexibility index (Phi) is 5.41. The summed E-state index contributed by atoms with van der Waals surface area (Å²) in [6.07, 6.45) is 1.79. The predicted octanol–water partition coefficient (Wildman–Crippen LogP) is 6.96. The van der Waals surface area contributed by atoms with Gasteiger partial charge in [0.05, 0.1) is 24.7 Å². The lowest BCUT2D eigenvalue weighted by Crippen LogP contribution is -1.94. The zero-order valence-electron chi connectivity index (χ0n) is 17.7. The summed E-state index contributed by atoms with van der Waals surface area (Å²) in [6.45, 7) is 0. The van der Waals surface area contributed by atoms with Gasteiger partial charge in [-0.25, -0.2) is 0 Å². The molecule has 4 aromatic carbocycles. The summed E-state index contributed by atoms with van der Waals surface area (Å²) in [5.41, 5.74) is 10.5. The quantitative estimate of drug-likeness (QED) is 0.232. The molecular formula is C28H23N3O. The number of anilines is 1. The van der Waals surface area contributed by atoms with Crippen LogP contribution in [0.5, 0.6) is 5.75 Å². The van der Waals surface area contributed by atoms with Crippen molar-refractivity contribution in [1.29, 1.82) is 0 Å². The van der Waals surface area contributed by atoms with Crippen molar-refractivity contribution in [3.05, 3.63) is 109 Å². The molecule has 0 spiro atoms. The van der Waals surface area contributed by atoms with E-state index in [0.717, 1.165) is 50.3 Å². The minimum absolute atomic E-state index is 0.770. The Morgan fingerprint density at radius 2 is 1.41 bits per heavy atom. The first-order chi connectivity index (χ1) is 15.8. The van der Waals surface area contributed by atoms with Crippen LogP contribution in [0.2, 0.25) is 0 Å². The highest BCUT2D eigenvalue weighted by molar-refractivity contribution is 6.06. The standard InChI is InChI=1S/C28H23N3O/c1-32-26-18-24-25(17-22(26)19-29-31-23-15-9-4-10-16-23)30-28(21-13-7-3-8-14-21)27(24)20-11-5-2-6-12-20/h2-19,30-31H,1H3/b29-19+. The molecule has 0 bridgehead atoms. The summed E-state index contributed by atoms with van der Waals surface area (Å²) in [5, 5.41) is 5.52. The lowest BCUT2D eigenvalue weighted by molar-refractivity contribution is 0.415. The van der Waals surface area contributed by atoms with E-state index in [2.05, 4.69) is 76.2 Å². The van der Waals surface area contributed by atoms with E-state index in [-0.39, 0.29) is 0 Å². The van der Waals surface area contributed by atoms with Gasteiger partial charge in [0.2, 0.25) is 0 Å². The van der Waals surface area contributed by atoms with Gasteiger partial charge in [0.15, 0.2) is 0 Å². The number of benzene rings is 4. The molecule has 2 N–H and O–H groups in total. The molecule has 0 saturated heterocycles. The van der Waals surface area contributed by atoms with Crippen molar-refractivity contribution >= 4 is 22.8 Å². The first kappa shape index (κ1) is 19.6. The van der Waals surface area contributed by atoms with Crippen LogP contribution in [-0.2, 0) is 0 Å². The largest absolute Gasteiger partial charge is 0.496 e. The van der Waals surface area contributed by atoms with Crippen LogP contribution < -0.4 is 10.2 Å². The molecule has 0 saturated carbocycles. The van der Waals surface area contributed by atoms with Crippen molar-refractivity contribution in [1.82, 2.24) is 4.98 Å². The number of nitrogens with zero attached hydrogens (tertiary/aromatic N) is 1. The van der Waals surface area contributed by atoms with Gasteiger partial charge in [-0.3, -0.25) is 5.43 Å². The second-order valence-electron chi connectivity index (χ2n) is 7.48. The van der Waals surface area contributed by atoms with Gasteiger partial charge in [-0.15, -0.1) is 0 Å². The Morgan fingerprint density at radius 3 is 2.06 bits per heavy atom. The third kappa shape index (κ3) is 3.86. The summed E-state index contributed by atoms with van der Waals surface area (Å²) in [5.74, 6) is 0.770. The lowest BCUT2D eigenvalue weighted by Gasteiger charge is -2.08. The Morgan fingerprint density at radius 1 is 0.781 bits per heavy atom. The normalized spacial score (nSPS) is 11.2. The van der Waals surface area contributed by atoms with Crippen LogP contribution in [0, 0.1) is 0 Å². The fourth-order valence-corrected chi connectivity index (χ4v) is 3.93. The molecule has 4 nitrogen and oxygen atoms in total. The van der Waals surface area contributed by atoms with Gasteiger partial charge in [-0.05, 0) is 35.4 Å². The van der Waals surface area contributed by atoms with E-state index < -0.39 is 0 Å². The maximum Gasteiger partial charge on any atom is 0.128 e. The Balaban J connectivity index is 1.63. The molecule has 0 atom stereocenters. The second kappa shape index (κ2) is 8.82. The summed E-state index contributed by atoms with van der Waals surface area (Å²) < 4.78 is 5.73. The number of ether oxygens (including phenoxy) is 1. The van der Waals surface area contributed by atoms with Gasteiger partial charge in [0, 0.05) is 22.0 Å². The summed E-state index contributed by atoms with van der Waals surface area (Å²) in [7, 11) is 1.69. The highest BCUT2D eigenvalue weighted by Crippen LogP contribution is 2.40. The van der Waals surface area contributed by atoms with Crippen molar-refractivity contribution < 1.29 is 4.74 Å². The number of hydrogen-bond donors (Lipinski definition) is 2. The van der Waals surface area contributed by atoms with E-state index in [4.69, 9.17) is 4.74 Å². The molecule has 156 valence electrons. The van der Waals surface area contributed by atoms with E-state index in [1.807, 2.05) is 42.5 Å². The van der Waals surface area contributed by atoms with Crippen LogP contribution in [0.4, 0.5) is 5.69 Å². The number of aromatic amines is 1. The molecule has 0 aliphatic rings. The number of hydrazone groups is 1. The van der Waals surface area contributed by atoms with Gasteiger partial charge < -0.3 is 9.72 Å².